The van der Waals surface area contributed by atoms with Crippen LogP contribution in [0.5, 0.6) is 0 Å². The van der Waals surface area contributed by atoms with Gasteiger partial charge in [-0.1, -0.05) is 23.9 Å². The number of rotatable bonds is 5. The summed E-state index contributed by atoms with van der Waals surface area (Å²) in [4.78, 5) is 4.22. The Hall–Kier alpha value is -0.520. The van der Waals surface area contributed by atoms with Crippen LogP contribution in [-0.2, 0) is 0 Å². The molecule has 2 aromatic rings. The van der Waals surface area contributed by atoms with E-state index in [0.29, 0.717) is 0 Å². The van der Waals surface area contributed by atoms with Crippen molar-refractivity contribution in [2.45, 2.75) is 4.34 Å². The van der Waals surface area contributed by atoms with Crippen molar-refractivity contribution >= 4 is 44.7 Å². The number of anilines is 1. The van der Waals surface area contributed by atoms with E-state index in [2.05, 4.69) is 32.3 Å². The molecule has 0 spiro atoms. The first-order chi connectivity index (χ1) is 7.86. The third-order valence-corrected chi connectivity index (χ3v) is 4.59. The lowest BCUT2D eigenvalue weighted by Gasteiger charge is -2.06. The summed E-state index contributed by atoms with van der Waals surface area (Å²) < 4.78 is 2.24. The Labute approximate surface area is 112 Å². The zero-order valence-electron chi connectivity index (χ0n) is 8.52. The average molecular weight is 315 g/mol. The molecule has 2 rings (SSSR count). The zero-order chi connectivity index (χ0) is 11.2. The lowest BCUT2D eigenvalue weighted by Crippen LogP contribution is -2.04. The molecule has 0 amide bonds. The Morgan fingerprint density at radius 2 is 2.25 bits per heavy atom. The van der Waals surface area contributed by atoms with Gasteiger partial charge in [-0.05, 0) is 28.1 Å². The molecule has 0 saturated carbocycles. The number of nitrogens with zero attached hydrogens (tertiary/aromatic N) is 1. The van der Waals surface area contributed by atoms with Crippen LogP contribution in [0.25, 0.3) is 0 Å². The van der Waals surface area contributed by atoms with Gasteiger partial charge in [-0.3, -0.25) is 0 Å². The van der Waals surface area contributed by atoms with Crippen LogP contribution in [0.15, 0.2) is 44.7 Å². The minimum Gasteiger partial charge on any atom is -0.383 e. The number of hydrogen-bond donors (Lipinski definition) is 1. The summed E-state index contributed by atoms with van der Waals surface area (Å²) in [6, 6.07) is 8.15. The Kier molecular flexibility index (Phi) is 4.69. The fourth-order valence-electron chi connectivity index (χ4n) is 1.21. The van der Waals surface area contributed by atoms with Gasteiger partial charge in [0.05, 0.1) is 0 Å². The molecule has 0 fully saturated rings. The van der Waals surface area contributed by atoms with Crippen molar-refractivity contribution in [2.75, 3.05) is 17.6 Å². The SMILES string of the molecule is Brc1ccccc1NCCSc1nccs1. The van der Waals surface area contributed by atoms with E-state index in [1.54, 1.807) is 23.1 Å². The largest absolute Gasteiger partial charge is 0.383 e. The average Bonchev–Trinajstić information content (AvgIpc) is 2.79. The van der Waals surface area contributed by atoms with Crippen LogP contribution in [0.2, 0.25) is 0 Å². The molecule has 0 aliphatic heterocycles. The van der Waals surface area contributed by atoms with E-state index in [1.807, 2.05) is 29.8 Å². The molecule has 1 aromatic carbocycles. The second kappa shape index (κ2) is 6.27. The molecule has 84 valence electrons. The van der Waals surface area contributed by atoms with Crippen LogP contribution < -0.4 is 5.32 Å². The molecular formula is C11H11BrN2S2. The van der Waals surface area contributed by atoms with E-state index in [9.17, 15) is 0 Å². The van der Waals surface area contributed by atoms with Gasteiger partial charge in [-0.15, -0.1) is 11.3 Å². The maximum absolute atomic E-state index is 4.22. The highest BCUT2D eigenvalue weighted by molar-refractivity contribution is 9.10. The first-order valence-electron chi connectivity index (χ1n) is 4.87. The maximum Gasteiger partial charge on any atom is 0.149 e. The minimum absolute atomic E-state index is 0.937. The van der Waals surface area contributed by atoms with E-state index in [4.69, 9.17) is 0 Å². The van der Waals surface area contributed by atoms with Gasteiger partial charge < -0.3 is 5.32 Å². The molecule has 0 radical (unpaired) electrons. The number of para-hydroxylation sites is 1. The van der Waals surface area contributed by atoms with Crippen LogP contribution in [0.1, 0.15) is 0 Å². The molecule has 0 saturated heterocycles. The molecule has 0 unspecified atom stereocenters. The summed E-state index contributed by atoms with van der Waals surface area (Å²) in [6.45, 7) is 0.937. The quantitative estimate of drug-likeness (QED) is 0.664. The molecule has 16 heavy (non-hydrogen) atoms. The summed E-state index contributed by atoms with van der Waals surface area (Å²) in [7, 11) is 0. The first-order valence-corrected chi connectivity index (χ1v) is 7.53. The maximum atomic E-state index is 4.22. The van der Waals surface area contributed by atoms with Crippen LogP contribution in [-0.4, -0.2) is 17.3 Å². The lowest BCUT2D eigenvalue weighted by molar-refractivity contribution is 1.20. The summed E-state index contributed by atoms with van der Waals surface area (Å²) in [5, 5.41) is 5.39. The monoisotopic (exact) mass is 314 g/mol. The van der Waals surface area contributed by atoms with Crippen molar-refractivity contribution in [3.05, 3.63) is 40.3 Å². The number of aromatic nitrogens is 1. The second-order valence-electron chi connectivity index (χ2n) is 3.05. The minimum atomic E-state index is 0.937. The molecule has 0 aliphatic rings. The van der Waals surface area contributed by atoms with Gasteiger partial charge in [-0.25, -0.2) is 4.98 Å². The van der Waals surface area contributed by atoms with Crippen molar-refractivity contribution in [2.24, 2.45) is 0 Å². The van der Waals surface area contributed by atoms with Gasteiger partial charge in [0.15, 0.2) is 0 Å². The lowest BCUT2D eigenvalue weighted by atomic mass is 10.3. The van der Waals surface area contributed by atoms with E-state index >= 15 is 0 Å². The molecule has 1 aromatic heterocycles. The highest BCUT2D eigenvalue weighted by Crippen LogP contribution is 2.22. The summed E-state index contributed by atoms with van der Waals surface area (Å²) in [5.41, 5.74) is 1.14. The van der Waals surface area contributed by atoms with Gasteiger partial charge in [0.2, 0.25) is 0 Å². The van der Waals surface area contributed by atoms with Crippen molar-refractivity contribution in [3.8, 4) is 0 Å². The summed E-state index contributed by atoms with van der Waals surface area (Å²) in [5.74, 6) is 1.02. The predicted octanol–water partition coefficient (Wildman–Crippen LogP) is 4.11. The predicted molar refractivity (Wildman–Crippen MR) is 75.5 cm³/mol. The number of halogens is 1. The molecule has 0 bridgehead atoms. The van der Waals surface area contributed by atoms with Crippen LogP contribution in [0.3, 0.4) is 0 Å². The Morgan fingerprint density at radius 3 is 3.00 bits per heavy atom. The van der Waals surface area contributed by atoms with Crippen LogP contribution in [0, 0.1) is 0 Å². The van der Waals surface area contributed by atoms with Crippen molar-refractivity contribution in [1.82, 2.24) is 4.98 Å². The van der Waals surface area contributed by atoms with Crippen molar-refractivity contribution in [3.63, 3.8) is 0 Å². The second-order valence-corrected chi connectivity index (χ2v) is 6.14. The van der Waals surface area contributed by atoms with E-state index < -0.39 is 0 Å². The van der Waals surface area contributed by atoms with E-state index in [0.717, 1.165) is 26.8 Å². The third kappa shape index (κ3) is 3.50. The number of thiazole rings is 1. The van der Waals surface area contributed by atoms with Crippen molar-refractivity contribution < 1.29 is 0 Å². The molecule has 1 heterocycles. The third-order valence-electron chi connectivity index (χ3n) is 1.93. The Bertz CT molecular complexity index is 431. The molecule has 1 N–H and O–H groups in total. The number of nitrogens with one attached hydrogen (secondary N) is 1. The molecule has 0 atom stereocenters. The molecule has 0 aliphatic carbocycles. The normalized spacial score (nSPS) is 10.3. The summed E-state index contributed by atoms with van der Waals surface area (Å²) in [6.07, 6.45) is 1.84. The van der Waals surface area contributed by atoms with Gasteiger partial charge >= 0.3 is 0 Å². The number of thioether (sulfide) groups is 1. The van der Waals surface area contributed by atoms with Crippen LogP contribution >= 0.6 is 39.0 Å². The highest BCUT2D eigenvalue weighted by atomic mass is 79.9. The summed E-state index contributed by atoms with van der Waals surface area (Å²) >= 11 is 6.98. The Balaban J connectivity index is 1.74. The fourth-order valence-corrected chi connectivity index (χ4v) is 3.20. The van der Waals surface area contributed by atoms with Gasteiger partial charge in [-0.2, -0.15) is 0 Å². The standard InChI is InChI=1S/C11H11BrN2S2/c12-9-3-1-2-4-10(9)13-5-7-15-11-14-6-8-16-11/h1-4,6,8,13H,5,7H2. The number of benzene rings is 1. The van der Waals surface area contributed by atoms with E-state index in [1.165, 1.54) is 0 Å². The number of hydrogen-bond acceptors (Lipinski definition) is 4. The van der Waals surface area contributed by atoms with E-state index in [-0.39, 0.29) is 0 Å². The molecule has 2 nitrogen and oxygen atoms in total. The van der Waals surface area contributed by atoms with Gasteiger partial charge in [0.1, 0.15) is 4.34 Å². The van der Waals surface area contributed by atoms with Gasteiger partial charge in [0, 0.05) is 34.0 Å². The highest BCUT2D eigenvalue weighted by Gasteiger charge is 1.98. The van der Waals surface area contributed by atoms with Gasteiger partial charge in [0.25, 0.3) is 0 Å². The smallest absolute Gasteiger partial charge is 0.149 e. The Morgan fingerprint density at radius 1 is 1.38 bits per heavy atom. The topological polar surface area (TPSA) is 24.9 Å². The van der Waals surface area contributed by atoms with Crippen LogP contribution in [0.4, 0.5) is 5.69 Å². The molecular weight excluding hydrogens is 304 g/mol. The first kappa shape index (κ1) is 12.0. The molecule has 5 heteroatoms. The zero-order valence-corrected chi connectivity index (χ0v) is 11.7. The van der Waals surface area contributed by atoms with Crippen molar-refractivity contribution in [1.29, 1.82) is 0 Å². The fraction of sp³-hybridized carbons (Fsp3) is 0.182.